The van der Waals surface area contributed by atoms with Crippen molar-refractivity contribution in [1.29, 1.82) is 0 Å². The summed E-state index contributed by atoms with van der Waals surface area (Å²) in [5.41, 5.74) is 5.80. The highest BCUT2D eigenvalue weighted by atomic mass is 15.1. The molecule has 0 radical (unpaired) electrons. The molecular formula is C12H20N4. The molecule has 1 fully saturated rings. The Morgan fingerprint density at radius 2 is 2.00 bits per heavy atom. The summed E-state index contributed by atoms with van der Waals surface area (Å²) in [6, 6.07) is 2.14. The third-order valence-electron chi connectivity index (χ3n) is 3.08. The predicted molar refractivity (Wildman–Crippen MR) is 64.1 cm³/mol. The van der Waals surface area contributed by atoms with Crippen molar-refractivity contribution in [2.75, 3.05) is 19.6 Å². The van der Waals surface area contributed by atoms with Gasteiger partial charge in [0, 0.05) is 30.9 Å². The molecule has 16 heavy (non-hydrogen) atoms. The first-order valence-corrected chi connectivity index (χ1v) is 6.00. The van der Waals surface area contributed by atoms with Crippen molar-refractivity contribution in [3.8, 4) is 0 Å². The first-order chi connectivity index (χ1) is 7.75. The number of nitrogens with zero attached hydrogens (tertiary/aromatic N) is 3. The zero-order valence-corrected chi connectivity index (χ0v) is 9.84. The lowest BCUT2D eigenvalue weighted by molar-refractivity contribution is 0.201. The van der Waals surface area contributed by atoms with Crippen molar-refractivity contribution in [2.45, 2.75) is 31.7 Å². The van der Waals surface area contributed by atoms with E-state index in [0.717, 1.165) is 38.3 Å². The third kappa shape index (κ3) is 3.00. The minimum Gasteiger partial charge on any atom is -0.327 e. The third-order valence-corrected chi connectivity index (χ3v) is 3.08. The van der Waals surface area contributed by atoms with Gasteiger partial charge in [-0.25, -0.2) is 9.97 Å². The van der Waals surface area contributed by atoms with E-state index in [4.69, 9.17) is 5.73 Å². The summed E-state index contributed by atoms with van der Waals surface area (Å²) in [6.45, 7) is 5.30. The van der Waals surface area contributed by atoms with Crippen LogP contribution in [0.3, 0.4) is 0 Å². The van der Waals surface area contributed by atoms with Crippen molar-refractivity contribution in [3.63, 3.8) is 0 Å². The Kier molecular flexibility index (Phi) is 3.85. The van der Waals surface area contributed by atoms with Gasteiger partial charge in [0.1, 0.15) is 5.82 Å². The molecule has 1 saturated heterocycles. The van der Waals surface area contributed by atoms with Gasteiger partial charge in [-0.05, 0) is 38.9 Å². The van der Waals surface area contributed by atoms with Gasteiger partial charge in [0.25, 0.3) is 0 Å². The van der Waals surface area contributed by atoms with Crippen molar-refractivity contribution >= 4 is 0 Å². The van der Waals surface area contributed by atoms with E-state index in [9.17, 15) is 0 Å². The summed E-state index contributed by atoms with van der Waals surface area (Å²) in [7, 11) is 0. The highest BCUT2D eigenvalue weighted by molar-refractivity contribution is 4.99. The van der Waals surface area contributed by atoms with E-state index < -0.39 is 0 Å². The van der Waals surface area contributed by atoms with Crippen LogP contribution < -0.4 is 5.73 Å². The Hall–Kier alpha value is -1.00. The number of aromatic nitrogens is 2. The largest absolute Gasteiger partial charge is 0.327 e. The zero-order valence-electron chi connectivity index (χ0n) is 9.84. The molecule has 0 spiro atoms. The predicted octanol–water partition coefficient (Wildman–Crippen LogP) is 1.00. The van der Waals surface area contributed by atoms with Gasteiger partial charge >= 0.3 is 0 Å². The summed E-state index contributed by atoms with van der Waals surface area (Å²) >= 11 is 0. The highest BCUT2D eigenvalue weighted by Crippen LogP contribution is 2.24. The van der Waals surface area contributed by atoms with Crippen molar-refractivity contribution in [2.24, 2.45) is 5.73 Å². The zero-order chi connectivity index (χ0) is 11.4. The molecule has 2 heterocycles. The number of nitrogens with two attached hydrogens (primary N) is 1. The summed E-state index contributed by atoms with van der Waals surface area (Å²) in [6.07, 6.45) is 5.96. The summed E-state index contributed by atoms with van der Waals surface area (Å²) in [5.74, 6) is 1.54. The topological polar surface area (TPSA) is 55.0 Å². The fourth-order valence-corrected chi connectivity index (χ4v) is 2.30. The number of piperidine rings is 1. The molecule has 4 nitrogen and oxygen atoms in total. The van der Waals surface area contributed by atoms with Gasteiger partial charge in [0.15, 0.2) is 0 Å². The lowest BCUT2D eigenvalue weighted by atomic mass is 9.96. The van der Waals surface area contributed by atoms with E-state index in [1.165, 1.54) is 0 Å². The maximum atomic E-state index is 5.80. The van der Waals surface area contributed by atoms with Crippen LogP contribution in [-0.2, 0) is 0 Å². The molecule has 0 amide bonds. The highest BCUT2D eigenvalue weighted by Gasteiger charge is 2.22. The van der Waals surface area contributed by atoms with Crippen molar-refractivity contribution in [1.82, 2.24) is 14.9 Å². The van der Waals surface area contributed by atoms with Crippen LogP contribution in [0.2, 0.25) is 0 Å². The van der Waals surface area contributed by atoms with Gasteiger partial charge in [0.2, 0.25) is 0 Å². The van der Waals surface area contributed by atoms with E-state index in [0.29, 0.717) is 5.92 Å². The molecule has 0 saturated carbocycles. The molecule has 0 aliphatic carbocycles. The quantitative estimate of drug-likeness (QED) is 0.825. The van der Waals surface area contributed by atoms with Gasteiger partial charge in [0.05, 0.1) is 0 Å². The lowest BCUT2D eigenvalue weighted by Gasteiger charge is -2.32. The van der Waals surface area contributed by atoms with Crippen LogP contribution in [0, 0.1) is 0 Å². The second-order valence-electron chi connectivity index (χ2n) is 4.66. The summed E-state index contributed by atoms with van der Waals surface area (Å²) in [5, 5.41) is 0. The van der Waals surface area contributed by atoms with Crippen LogP contribution in [0.15, 0.2) is 18.5 Å². The molecule has 2 rings (SSSR count). The number of rotatable bonds is 3. The molecule has 88 valence electrons. The molecule has 0 aromatic carbocycles. The SMILES string of the molecule is CC(N)CN1CCC(c2ncccn2)CC1. The molecule has 4 heteroatoms. The van der Waals surface area contributed by atoms with Crippen LogP contribution in [-0.4, -0.2) is 40.5 Å². The molecule has 1 unspecified atom stereocenters. The van der Waals surface area contributed by atoms with Gasteiger partial charge in [-0.1, -0.05) is 0 Å². The summed E-state index contributed by atoms with van der Waals surface area (Å²) in [4.78, 5) is 11.1. The van der Waals surface area contributed by atoms with E-state index >= 15 is 0 Å². The average Bonchev–Trinajstić information content (AvgIpc) is 2.30. The van der Waals surface area contributed by atoms with Crippen LogP contribution in [0.4, 0.5) is 0 Å². The number of hydrogen-bond acceptors (Lipinski definition) is 4. The molecular weight excluding hydrogens is 200 g/mol. The maximum Gasteiger partial charge on any atom is 0.131 e. The first kappa shape index (κ1) is 11.5. The monoisotopic (exact) mass is 220 g/mol. The fraction of sp³-hybridized carbons (Fsp3) is 0.667. The fourth-order valence-electron chi connectivity index (χ4n) is 2.30. The van der Waals surface area contributed by atoms with Gasteiger partial charge in [-0.15, -0.1) is 0 Å². The molecule has 1 aliphatic rings. The minimum absolute atomic E-state index is 0.268. The van der Waals surface area contributed by atoms with Crippen LogP contribution >= 0.6 is 0 Å². The van der Waals surface area contributed by atoms with Crippen molar-refractivity contribution in [3.05, 3.63) is 24.3 Å². The average molecular weight is 220 g/mol. The second kappa shape index (κ2) is 5.37. The number of likely N-dealkylation sites (tertiary alicyclic amines) is 1. The Balaban J connectivity index is 1.86. The van der Waals surface area contributed by atoms with E-state index in [1.807, 2.05) is 18.5 Å². The number of hydrogen-bond donors (Lipinski definition) is 1. The summed E-state index contributed by atoms with van der Waals surface area (Å²) < 4.78 is 0. The smallest absolute Gasteiger partial charge is 0.131 e. The lowest BCUT2D eigenvalue weighted by Crippen LogP contribution is -2.40. The molecule has 0 bridgehead atoms. The van der Waals surface area contributed by atoms with Gasteiger partial charge in [-0.2, -0.15) is 0 Å². The Morgan fingerprint density at radius 1 is 1.38 bits per heavy atom. The van der Waals surface area contributed by atoms with E-state index in [-0.39, 0.29) is 6.04 Å². The normalized spacial score (nSPS) is 20.9. The van der Waals surface area contributed by atoms with Crippen LogP contribution in [0.1, 0.15) is 31.5 Å². The molecule has 2 N–H and O–H groups in total. The maximum absolute atomic E-state index is 5.80. The van der Waals surface area contributed by atoms with Crippen LogP contribution in [0.5, 0.6) is 0 Å². The van der Waals surface area contributed by atoms with Gasteiger partial charge < -0.3 is 10.6 Å². The molecule has 1 aromatic rings. The first-order valence-electron chi connectivity index (χ1n) is 6.00. The van der Waals surface area contributed by atoms with E-state index in [2.05, 4.69) is 21.8 Å². The van der Waals surface area contributed by atoms with Gasteiger partial charge in [-0.3, -0.25) is 0 Å². The standard InChI is InChI=1S/C12H20N4/c1-10(13)9-16-7-3-11(4-8-16)12-14-5-2-6-15-12/h2,5-6,10-11H,3-4,7-9,13H2,1H3. The van der Waals surface area contributed by atoms with Crippen LogP contribution in [0.25, 0.3) is 0 Å². The van der Waals surface area contributed by atoms with E-state index in [1.54, 1.807) is 0 Å². The molecule has 1 aliphatic heterocycles. The Labute approximate surface area is 96.9 Å². The minimum atomic E-state index is 0.268. The second-order valence-corrected chi connectivity index (χ2v) is 4.66. The van der Waals surface area contributed by atoms with Crippen molar-refractivity contribution < 1.29 is 0 Å². The molecule has 1 aromatic heterocycles. The molecule has 1 atom stereocenters. The Morgan fingerprint density at radius 3 is 2.56 bits per heavy atom. The Bertz CT molecular complexity index is 304.